The molecule has 2 N–H and O–H groups in total. The summed E-state index contributed by atoms with van der Waals surface area (Å²) >= 11 is 5.54. The molecule has 1 heterocycles. The second kappa shape index (κ2) is 6.15. The second-order valence-electron chi connectivity index (χ2n) is 3.40. The van der Waals surface area contributed by atoms with Gasteiger partial charge in [-0.2, -0.15) is 0 Å². The fourth-order valence-electron chi connectivity index (χ4n) is 1.20. The van der Waals surface area contributed by atoms with Crippen molar-refractivity contribution in [2.24, 2.45) is 0 Å². The number of amides is 1. The molecule has 0 aliphatic carbocycles. The lowest BCUT2D eigenvalue weighted by atomic mass is 10.1. The number of aromatic nitrogens is 2. The molecule has 6 nitrogen and oxygen atoms in total. The summed E-state index contributed by atoms with van der Waals surface area (Å²) in [6, 6.07) is -0.419. The van der Waals surface area contributed by atoms with Crippen LogP contribution in [0.1, 0.15) is 30.3 Å². The molecule has 1 aromatic heterocycles. The van der Waals surface area contributed by atoms with Gasteiger partial charge in [-0.15, -0.1) is 0 Å². The zero-order chi connectivity index (χ0) is 12.8. The Bertz CT molecular complexity index is 408. The summed E-state index contributed by atoms with van der Waals surface area (Å²) in [6.45, 7) is 1.79. The summed E-state index contributed by atoms with van der Waals surface area (Å²) in [6.07, 6.45) is 2.90. The van der Waals surface area contributed by atoms with Gasteiger partial charge < -0.3 is 10.4 Å². The molecule has 0 fully saturated rings. The van der Waals surface area contributed by atoms with Crippen LogP contribution in [0.3, 0.4) is 0 Å². The number of nitrogens with one attached hydrogen (secondary N) is 1. The van der Waals surface area contributed by atoms with Crippen molar-refractivity contribution in [3.63, 3.8) is 0 Å². The van der Waals surface area contributed by atoms with Crippen LogP contribution in [-0.4, -0.2) is 33.0 Å². The van der Waals surface area contributed by atoms with Gasteiger partial charge in [0.05, 0.1) is 18.8 Å². The monoisotopic (exact) mass is 257 g/mol. The van der Waals surface area contributed by atoms with E-state index in [0.717, 1.165) is 0 Å². The van der Waals surface area contributed by atoms with Gasteiger partial charge in [-0.05, 0) is 6.42 Å². The zero-order valence-electron chi connectivity index (χ0n) is 9.18. The molecule has 0 saturated heterocycles. The lowest BCUT2D eigenvalue weighted by molar-refractivity contribution is -0.137. The number of halogens is 1. The van der Waals surface area contributed by atoms with Gasteiger partial charge in [0, 0.05) is 6.04 Å². The molecule has 1 rings (SSSR count). The quantitative estimate of drug-likeness (QED) is 0.824. The first-order valence-corrected chi connectivity index (χ1v) is 5.41. The van der Waals surface area contributed by atoms with Crippen LogP contribution in [0.5, 0.6) is 0 Å². The summed E-state index contributed by atoms with van der Waals surface area (Å²) in [4.78, 5) is 29.7. The highest BCUT2D eigenvalue weighted by molar-refractivity contribution is 6.29. The van der Waals surface area contributed by atoms with E-state index >= 15 is 0 Å². The van der Waals surface area contributed by atoms with E-state index in [1.54, 1.807) is 6.92 Å². The summed E-state index contributed by atoms with van der Waals surface area (Å²) in [7, 11) is 0. The molecule has 1 aromatic rings. The van der Waals surface area contributed by atoms with E-state index in [1.165, 1.54) is 12.4 Å². The first-order chi connectivity index (χ1) is 8.02. The highest BCUT2D eigenvalue weighted by atomic mass is 35.5. The van der Waals surface area contributed by atoms with Crippen molar-refractivity contribution in [2.45, 2.75) is 25.8 Å². The first-order valence-electron chi connectivity index (χ1n) is 5.03. The fourth-order valence-corrected chi connectivity index (χ4v) is 1.29. The van der Waals surface area contributed by atoms with Crippen molar-refractivity contribution >= 4 is 23.5 Å². The molecule has 1 unspecified atom stereocenters. The lowest BCUT2D eigenvalue weighted by Crippen LogP contribution is -2.36. The van der Waals surface area contributed by atoms with Crippen molar-refractivity contribution in [1.82, 2.24) is 15.3 Å². The van der Waals surface area contributed by atoms with E-state index in [1.807, 2.05) is 0 Å². The number of carboxylic acid groups (broad SMARTS) is 1. The largest absolute Gasteiger partial charge is 0.481 e. The number of carbonyl (C=O) groups excluding carboxylic acids is 1. The van der Waals surface area contributed by atoms with E-state index in [-0.39, 0.29) is 17.3 Å². The third-order valence-corrected chi connectivity index (χ3v) is 2.30. The number of hydrogen-bond acceptors (Lipinski definition) is 4. The Morgan fingerprint density at radius 3 is 2.65 bits per heavy atom. The highest BCUT2D eigenvalue weighted by Crippen LogP contribution is 2.03. The van der Waals surface area contributed by atoms with E-state index in [0.29, 0.717) is 6.42 Å². The summed E-state index contributed by atoms with van der Waals surface area (Å²) < 4.78 is 0. The highest BCUT2D eigenvalue weighted by Gasteiger charge is 2.16. The number of rotatable bonds is 5. The third-order valence-electron chi connectivity index (χ3n) is 2.10. The van der Waals surface area contributed by atoms with Gasteiger partial charge >= 0.3 is 5.97 Å². The molecule has 0 radical (unpaired) electrons. The van der Waals surface area contributed by atoms with Crippen molar-refractivity contribution < 1.29 is 14.7 Å². The van der Waals surface area contributed by atoms with Gasteiger partial charge in [-0.1, -0.05) is 18.5 Å². The van der Waals surface area contributed by atoms with E-state index in [4.69, 9.17) is 16.7 Å². The Morgan fingerprint density at radius 1 is 1.47 bits per heavy atom. The molecular weight excluding hydrogens is 246 g/mol. The molecule has 1 amide bonds. The van der Waals surface area contributed by atoms with Crippen LogP contribution in [0.4, 0.5) is 0 Å². The van der Waals surface area contributed by atoms with E-state index < -0.39 is 17.9 Å². The Balaban J connectivity index is 2.64. The lowest BCUT2D eigenvalue weighted by Gasteiger charge is -2.13. The van der Waals surface area contributed by atoms with Crippen molar-refractivity contribution in [3.8, 4) is 0 Å². The molecule has 92 valence electrons. The minimum absolute atomic E-state index is 0.109. The molecule has 0 spiro atoms. The Morgan fingerprint density at radius 2 is 2.18 bits per heavy atom. The standard InChI is InChI=1S/C10H12ClN3O3/c1-2-6(3-9(15)16)14-10(17)7-4-13-8(11)5-12-7/h4-6H,2-3H2,1H3,(H,14,17)(H,15,16). The maximum Gasteiger partial charge on any atom is 0.305 e. The third kappa shape index (κ3) is 4.36. The van der Waals surface area contributed by atoms with Gasteiger partial charge in [0.2, 0.25) is 0 Å². The van der Waals surface area contributed by atoms with Crippen LogP contribution < -0.4 is 5.32 Å². The van der Waals surface area contributed by atoms with Gasteiger partial charge in [0.1, 0.15) is 10.8 Å². The summed E-state index contributed by atoms with van der Waals surface area (Å²) in [5.74, 6) is -1.42. The van der Waals surface area contributed by atoms with Gasteiger partial charge in [-0.25, -0.2) is 9.97 Å². The minimum Gasteiger partial charge on any atom is -0.481 e. The van der Waals surface area contributed by atoms with Crippen LogP contribution in [0.2, 0.25) is 5.15 Å². The maximum atomic E-state index is 11.7. The summed E-state index contributed by atoms with van der Waals surface area (Å²) in [5, 5.41) is 11.4. The number of carboxylic acids is 1. The summed E-state index contributed by atoms with van der Waals surface area (Å²) in [5.41, 5.74) is 0.109. The van der Waals surface area contributed by atoms with Crippen molar-refractivity contribution in [2.75, 3.05) is 0 Å². The molecule has 7 heteroatoms. The van der Waals surface area contributed by atoms with Crippen molar-refractivity contribution in [1.29, 1.82) is 0 Å². The Labute approximate surface area is 103 Å². The predicted octanol–water partition coefficient (Wildman–Crippen LogP) is 1.11. The second-order valence-corrected chi connectivity index (χ2v) is 3.79. The van der Waals surface area contributed by atoms with Crippen LogP contribution >= 0.6 is 11.6 Å². The van der Waals surface area contributed by atoms with Gasteiger partial charge in [0.25, 0.3) is 5.91 Å². The Hall–Kier alpha value is -1.69. The zero-order valence-corrected chi connectivity index (χ0v) is 9.94. The molecule has 0 aromatic carbocycles. The smallest absolute Gasteiger partial charge is 0.305 e. The number of aliphatic carboxylic acids is 1. The number of carbonyl (C=O) groups is 2. The van der Waals surface area contributed by atoms with Gasteiger partial charge in [-0.3, -0.25) is 9.59 Å². The molecule has 1 atom stereocenters. The average Bonchev–Trinajstić information content (AvgIpc) is 2.28. The first kappa shape index (κ1) is 13.4. The average molecular weight is 258 g/mol. The predicted molar refractivity (Wildman–Crippen MR) is 60.8 cm³/mol. The fraction of sp³-hybridized carbons (Fsp3) is 0.400. The van der Waals surface area contributed by atoms with E-state index in [9.17, 15) is 9.59 Å². The molecule has 17 heavy (non-hydrogen) atoms. The minimum atomic E-state index is -0.959. The topological polar surface area (TPSA) is 92.2 Å². The van der Waals surface area contributed by atoms with Crippen molar-refractivity contribution in [3.05, 3.63) is 23.2 Å². The van der Waals surface area contributed by atoms with Crippen LogP contribution in [0, 0.1) is 0 Å². The van der Waals surface area contributed by atoms with Gasteiger partial charge in [0.15, 0.2) is 0 Å². The Kier molecular flexibility index (Phi) is 4.84. The van der Waals surface area contributed by atoms with Crippen LogP contribution in [0.25, 0.3) is 0 Å². The maximum absolute atomic E-state index is 11.7. The number of hydrogen-bond donors (Lipinski definition) is 2. The molecular formula is C10H12ClN3O3. The molecule has 0 aliphatic rings. The molecule has 0 bridgehead atoms. The SMILES string of the molecule is CCC(CC(=O)O)NC(=O)c1cnc(Cl)cn1. The molecule has 0 saturated carbocycles. The van der Waals surface area contributed by atoms with Crippen LogP contribution in [0.15, 0.2) is 12.4 Å². The molecule has 0 aliphatic heterocycles. The normalized spacial score (nSPS) is 11.9. The van der Waals surface area contributed by atoms with Crippen LogP contribution in [-0.2, 0) is 4.79 Å². The van der Waals surface area contributed by atoms with E-state index in [2.05, 4.69) is 15.3 Å². The number of nitrogens with zero attached hydrogens (tertiary/aromatic N) is 2.